The smallest absolute Gasteiger partial charge is 0.274 e. The van der Waals surface area contributed by atoms with Crippen LogP contribution in [0.5, 0.6) is 5.75 Å². The highest BCUT2D eigenvalue weighted by atomic mass is 35.5. The highest BCUT2D eigenvalue weighted by Crippen LogP contribution is 2.28. The lowest BCUT2D eigenvalue weighted by atomic mass is 10.0. The molecule has 0 aliphatic carbocycles. The molecule has 2 aromatic carbocycles. The van der Waals surface area contributed by atoms with Crippen LogP contribution in [0.1, 0.15) is 5.56 Å². The predicted octanol–water partition coefficient (Wildman–Crippen LogP) is 1.91. The summed E-state index contributed by atoms with van der Waals surface area (Å²) in [5, 5.41) is 5.64. The minimum atomic E-state index is -2.30. The highest BCUT2D eigenvalue weighted by Gasteiger charge is 2.12. The summed E-state index contributed by atoms with van der Waals surface area (Å²) in [5.74, 6) is 0.641. The van der Waals surface area contributed by atoms with Crippen LogP contribution in [0.2, 0.25) is 0 Å². The van der Waals surface area contributed by atoms with Crippen LogP contribution < -0.4 is 15.0 Å². The Morgan fingerprint density at radius 3 is 2.50 bits per heavy atom. The van der Waals surface area contributed by atoms with E-state index in [4.69, 9.17) is 4.74 Å². The van der Waals surface area contributed by atoms with Crippen LogP contribution in [0.15, 0.2) is 47.3 Å². The summed E-state index contributed by atoms with van der Waals surface area (Å²) < 4.78 is 30.0. The number of methoxy groups -OCH3 is 1. The Hall–Kier alpha value is -2.26. The van der Waals surface area contributed by atoms with Gasteiger partial charge in [-0.05, 0) is 23.8 Å². The fourth-order valence-electron chi connectivity index (χ4n) is 2.59. The normalized spacial score (nSPS) is 11.8. The number of nitrogens with zero attached hydrogens (tertiary/aromatic N) is 2. The van der Waals surface area contributed by atoms with Gasteiger partial charge < -0.3 is 9.29 Å². The van der Waals surface area contributed by atoms with Gasteiger partial charge in [0.1, 0.15) is 5.75 Å². The Balaban J connectivity index is 0.00000243. The van der Waals surface area contributed by atoms with Crippen LogP contribution in [-0.4, -0.2) is 25.7 Å². The van der Waals surface area contributed by atoms with Crippen molar-refractivity contribution in [3.05, 3.63) is 58.4 Å². The van der Waals surface area contributed by atoms with Crippen molar-refractivity contribution in [2.45, 2.75) is 6.54 Å². The van der Waals surface area contributed by atoms with E-state index in [-0.39, 0.29) is 24.5 Å². The van der Waals surface area contributed by atoms with E-state index in [2.05, 4.69) is 9.82 Å². The zero-order chi connectivity index (χ0) is 18.0. The Morgan fingerprint density at radius 1 is 1.19 bits per heavy atom. The molecule has 0 saturated carbocycles. The highest BCUT2D eigenvalue weighted by molar-refractivity contribution is 7.77. The van der Waals surface area contributed by atoms with E-state index >= 15 is 0 Å². The van der Waals surface area contributed by atoms with Crippen LogP contribution >= 0.6 is 12.4 Å². The lowest BCUT2D eigenvalue weighted by Crippen LogP contribution is -2.20. The molecule has 0 fully saturated rings. The van der Waals surface area contributed by atoms with Gasteiger partial charge >= 0.3 is 0 Å². The third-order valence-corrected chi connectivity index (χ3v) is 4.26. The minimum absolute atomic E-state index is 0. The van der Waals surface area contributed by atoms with Crippen molar-refractivity contribution in [3.8, 4) is 17.0 Å². The molecule has 0 radical (unpaired) electrons. The summed E-state index contributed by atoms with van der Waals surface area (Å²) in [5.41, 5.74) is 2.11. The van der Waals surface area contributed by atoms with E-state index in [0.29, 0.717) is 22.2 Å². The number of hydrogen-bond acceptors (Lipinski definition) is 5. The molecule has 0 aliphatic heterocycles. The van der Waals surface area contributed by atoms with Gasteiger partial charge in [-0.2, -0.15) is 5.10 Å². The molecule has 1 N–H and O–H groups in total. The lowest BCUT2D eigenvalue weighted by molar-refractivity contribution is 0.415. The minimum Gasteiger partial charge on any atom is -0.760 e. The van der Waals surface area contributed by atoms with Crippen molar-refractivity contribution in [3.63, 3.8) is 0 Å². The van der Waals surface area contributed by atoms with E-state index < -0.39 is 11.3 Å². The summed E-state index contributed by atoms with van der Waals surface area (Å²) in [6.45, 7) is 0.214. The molecule has 0 bridgehead atoms. The van der Waals surface area contributed by atoms with Gasteiger partial charge in [-0.15, -0.1) is 12.4 Å². The van der Waals surface area contributed by atoms with Gasteiger partial charge in [0.25, 0.3) is 5.56 Å². The first kappa shape index (κ1) is 20.1. The molecule has 1 aromatic heterocycles. The number of hydrogen-bond donors (Lipinski definition) is 1. The Bertz CT molecular complexity index is 1010. The Morgan fingerprint density at radius 2 is 1.88 bits per heavy atom. The fourth-order valence-corrected chi connectivity index (χ4v) is 2.88. The number of halogens is 1. The molecule has 0 aliphatic rings. The summed E-state index contributed by atoms with van der Waals surface area (Å²) in [6, 6.07) is 12.6. The number of aryl methyl sites for hydroxylation is 1. The second-order valence-electron chi connectivity index (χ2n) is 5.44. The van der Waals surface area contributed by atoms with E-state index in [1.54, 1.807) is 32.4 Å². The molecule has 7 nitrogen and oxygen atoms in total. The number of benzene rings is 2. The van der Waals surface area contributed by atoms with Crippen molar-refractivity contribution < 1.29 is 13.5 Å². The number of aromatic nitrogens is 2. The van der Waals surface area contributed by atoms with Crippen molar-refractivity contribution in [2.75, 3.05) is 7.11 Å². The molecule has 0 saturated heterocycles. The van der Waals surface area contributed by atoms with Gasteiger partial charge in [0.2, 0.25) is 0 Å². The number of nitrogens with one attached hydrogen (secondary N) is 1. The maximum absolute atomic E-state index is 12.3. The molecule has 1 atom stereocenters. The van der Waals surface area contributed by atoms with E-state index in [9.17, 15) is 13.6 Å². The molecule has 1 unspecified atom stereocenters. The predicted molar refractivity (Wildman–Crippen MR) is 102 cm³/mol. The second-order valence-corrected chi connectivity index (χ2v) is 6.20. The summed E-state index contributed by atoms with van der Waals surface area (Å²) in [4.78, 5) is 12.3. The van der Waals surface area contributed by atoms with Crippen molar-refractivity contribution in [1.82, 2.24) is 14.5 Å². The van der Waals surface area contributed by atoms with Gasteiger partial charge in [0.15, 0.2) is 0 Å². The largest absolute Gasteiger partial charge is 0.760 e. The monoisotopic (exact) mass is 394 g/mol. The summed E-state index contributed by atoms with van der Waals surface area (Å²) >= 11 is -2.30. The standard InChI is InChI=1S/C17H17N3O4S.ClH/c1-20-17(21)14-8-7-13(24-2)9-15(14)16(19-20)12-5-3-11(4-6-12)10-18-25(22)23;/h3-9,18H,10H2,1-2H3,(H,22,23);1H/p-1. The molecule has 0 spiro atoms. The van der Waals surface area contributed by atoms with Gasteiger partial charge in [0, 0.05) is 35.8 Å². The maximum Gasteiger partial charge on any atom is 0.274 e. The molecule has 9 heteroatoms. The van der Waals surface area contributed by atoms with Crippen LogP contribution in [0, 0.1) is 0 Å². The number of ether oxygens (including phenoxy) is 1. The first-order valence-electron chi connectivity index (χ1n) is 7.46. The van der Waals surface area contributed by atoms with E-state index in [1.807, 2.05) is 24.3 Å². The van der Waals surface area contributed by atoms with Crippen molar-refractivity contribution in [1.29, 1.82) is 0 Å². The van der Waals surface area contributed by atoms with Gasteiger partial charge in [-0.3, -0.25) is 9.00 Å². The summed E-state index contributed by atoms with van der Waals surface area (Å²) in [6.07, 6.45) is 0. The molecule has 3 aromatic rings. The maximum atomic E-state index is 12.3. The summed E-state index contributed by atoms with van der Waals surface area (Å²) in [7, 11) is 3.18. The third kappa shape index (κ3) is 4.10. The average molecular weight is 395 g/mol. The lowest BCUT2D eigenvalue weighted by Gasteiger charge is -2.11. The zero-order valence-corrected chi connectivity index (χ0v) is 15.7. The van der Waals surface area contributed by atoms with Crippen molar-refractivity contribution in [2.24, 2.45) is 7.05 Å². The SMILES string of the molecule is COc1ccc2c(=O)n(C)nc(-c3ccc(CNS(=O)[O-])cc3)c2c1.Cl. The molecular formula is C17H17ClN3O4S-. The van der Waals surface area contributed by atoms with E-state index in [1.165, 1.54) is 4.68 Å². The number of fused-ring (bicyclic) bond motifs is 1. The van der Waals surface area contributed by atoms with E-state index in [0.717, 1.165) is 11.1 Å². The number of rotatable bonds is 5. The second kappa shape index (κ2) is 8.41. The van der Waals surface area contributed by atoms with Crippen LogP contribution in [0.3, 0.4) is 0 Å². The quantitative estimate of drug-likeness (QED) is 0.667. The molecule has 0 amide bonds. The fraction of sp³-hybridized carbons (Fsp3) is 0.176. The first-order chi connectivity index (χ1) is 12.0. The topological polar surface area (TPSA) is 96.3 Å². The van der Waals surface area contributed by atoms with Crippen LogP contribution in [0.25, 0.3) is 22.0 Å². The third-order valence-electron chi connectivity index (χ3n) is 3.88. The van der Waals surface area contributed by atoms with Crippen molar-refractivity contribution >= 4 is 34.4 Å². The van der Waals surface area contributed by atoms with Crippen LogP contribution in [-0.2, 0) is 24.9 Å². The zero-order valence-electron chi connectivity index (χ0n) is 14.1. The Labute approximate surface area is 158 Å². The van der Waals surface area contributed by atoms with Crippen LogP contribution in [0.4, 0.5) is 0 Å². The van der Waals surface area contributed by atoms with Gasteiger partial charge in [-0.25, -0.2) is 9.40 Å². The molecular weight excluding hydrogens is 378 g/mol. The molecule has 1 heterocycles. The Kier molecular flexibility index (Phi) is 6.49. The molecule has 26 heavy (non-hydrogen) atoms. The first-order valence-corrected chi connectivity index (χ1v) is 8.54. The van der Waals surface area contributed by atoms with Gasteiger partial charge in [-0.1, -0.05) is 24.3 Å². The molecule has 3 rings (SSSR count). The average Bonchev–Trinajstić information content (AvgIpc) is 2.63. The molecule has 138 valence electrons. The van der Waals surface area contributed by atoms with Gasteiger partial charge in [0.05, 0.1) is 18.2 Å².